The standard InChI is InChI=1S/C11H14N2OS/c1-14-11-6-4-5-10(13-11)9-15-8-3-2-7-12/h4-6H,2-3,8-9H2,1H3. The maximum Gasteiger partial charge on any atom is 0.213 e. The molecule has 15 heavy (non-hydrogen) atoms. The van der Waals surface area contributed by atoms with Crippen molar-refractivity contribution in [1.29, 1.82) is 5.26 Å². The number of aromatic nitrogens is 1. The van der Waals surface area contributed by atoms with Gasteiger partial charge in [0.2, 0.25) is 5.88 Å². The predicted octanol–water partition coefficient (Wildman–Crippen LogP) is 2.63. The van der Waals surface area contributed by atoms with Gasteiger partial charge in [0.05, 0.1) is 18.9 Å². The number of methoxy groups -OCH3 is 1. The molecule has 4 heteroatoms. The van der Waals surface area contributed by atoms with E-state index in [1.54, 1.807) is 18.9 Å². The molecule has 0 atom stereocenters. The molecule has 0 radical (unpaired) electrons. The first-order valence-electron chi connectivity index (χ1n) is 4.81. The van der Waals surface area contributed by atoms with E-state index in [1.807, 2.05) is 18.2 Å². The van der Waals surface area contributed by atoms with Gasteiger partial charge in [-0.2, -0.15) is 17.0 Å². The van der Waals surface area contributed by atoms with Crippen molar-refractivity contribution in [3.8, 4) is 11.9 Å². The van der Waals surface area contributed by atoms with Gasteiger partial charge in [-0.15, -0.1) is 0 Å². The molecule has 1 heterocycles. The minimum Gasteiger partial charge on any atom is -0.481 e. The summed E-state index contributed by atoms with van der Waals surface area (Å²) < 4.78 is 5.04. The smallest absolute Gasteiger partial charge is 0.213 e. The van der Waals surface area contributed by atoms with Crippen LogP contribution >= 0.6 is 11.8 Å². The van der Waals surface area contributed by atoms with Crippen LogP contribution in [0.4, 0.5) is 0 Å². The Balaban J connectivity index is 2.28. The lowest BCUT2D eigenvalue weighted by molar-refractivity contribution is 0.397. The van der Waals surface area contributed by atoms with E-state index in [1.165, 1.54) is 0 Å². The Morgan fingerprint density at radius 1 is 1.53 bits per heavy atom. The van der Waals surface area contributed by atoms with Gasteiger partial charge in [-0.1, -0.05) is 6.07 Å². The molecule has 0 N–H and O–H groups in total. The Bertz CT molecular complexity index is 336. The van der Waals surface area contributed by atoms with Crippen molar-refractivity contribution in [2.75, 3.05) is 12.9 Å². The van der Waals surface area contributed by atoms with E-state index in [0.717, 1.165) is 23.6 Å². The van der Waals surface area contributed by atoms with Gasteiger partial charge in [0.15, 0.2) is 0 Å². The van der Waals surface area contributed by atoms with E-state index < -0.39 is 0 Å². The summed E-state index contributed by atoms with van der Waals surface area (Å²) in [6.07, 6.45) is 1.59. The fraction of sp³-hybridized carbons (Fsp3) is 0.455. The van der Waals surface area contributed by atoms with Crippen molar-refractivity contribution >= 4 is 11.8 Å². The minimum absolute atomic E-state index is 0.637. The van der Waals surface area contributed by atoms with E-state index in [4.69, 9.17) is 10.00 Å². The number of nitriles is 1. The second-order valence-corrected chi connectivity index (χ2v) is 4.09. The van der Waals surface area contributed by atoms with Crippen LogP contribution in [0.3, 0.4) is 0 Å². The molecule has 0 saturated heterocycles. The van der Waals surface area contributed by atoms with Crippen LogP contribution in [0, 0.1) is 11.3 Å². The highest BCUT2D eigenvalue weighted by molar-refractivity contribution is 7.98. The Morgan fingerprint density at radius 2 is 2.40 bits per heavy atom. The van der Waals surface area contributed by atoms with E-state index in [9.17, 15) is 0 Å². The summed E-state index contributed by atoms with van der Waals surface area (Å²) >= 11 is 1.80. The van der Waals surface area contributed by atoms with E-state index in [-0.39, 0.29) is 0 Å². The third-order valence-corrected chi connectivity index (χ3v) is 2.89. The van der Waals surface area contributed by atoms with Gasteiger partial charge in [0.1, 0.15) is 0 Å². The van der Waals surface area contributed by atoms with Crippen LogP contribution in [0.15, 0.2) is 18.2 Å². The average molecular weight is 222 g/mol. The second-order valence-electron chi connectivity index (χ2n) is 2.99. The minimum atomic E-state index is 0.637. The maximum atomic E-state index is 8.36. The van der Waals surface area contributed by atoms with E-state index >= 15 is 0 Å². The Kier molecular flexibility index (Phi) is 5.64. The highest BCUT2D eigenvalue weighted by Gasteiger charge is 1.97. The third-order valence-electron chi connectivity index (χ3n) is 1.82. The molecule has 80 valence electrons. The molecular formula is C11H14N2OS. The number of hydrogen-bond acceptors (Lipinski definition) is 4. The first kappa shape index (κ1) is 11.9. The summed E-state index contributed by atoms with van der Waals surface area (Å²) in [6, 6.07) is 7.90. The van der Waals surface area contributed by atoms with Crippen molar-refractivity contribution in [3.05, 3.63) is 23.9 Å². The van der Waals surface area contributed by atoms with Crippen molar-refractivity contribution in [3.63, 3.8) is 0 Å². The molecule has 0 spiro atoms. The quantitative estimate of drug-likeness (QED) is 0.694. The van der Waals surface area contributed by atoms with Gasteiger partial charge in [0.25, 0.3) is 0 Å². The fourth-order valence-corrected chi connectivity index (χ4v) is 1.94. The lowest BCUT2D eigenvalue weighted by atomic mass is 10.4. The van der Waals surface area contributed by atoms with Gasteiger partial charge in [0, 0.05) is 18.2 Å². The molecule has 1 aromatic heterocycles. The number of nitrogens with zero attached hydrogens (tertiary/aromatic N) is 2. The highest BCUT2D eigenvalue weighted by atomic mass is 32.2. The first-order valence-corrected chi connectivity index (χ1v) is 5.97. The summed E-state index contributed by atoms with van der Waals surface area (Å²) in [5.41, 5.74) is 1.02. The van der Waals surface area contributed by atoms with Crippen LogP contribution in [0.5, 0.6) is 5.88 Å². The van der Waals surface area contributed by atoms with Crippen LogP contribution in [-0.4, -0.2) is 17.8 Å². The topological polar surface area (TPSA) is 45.9 Å². The zero-order valence-corrected chi connectivity index (χ0v) is 9.59. The zero-order valence-electron chi connectivity index (χ0n) is 8.77. The molecule has 0 fully saturated rings. The molecular weight excluding hydrogens is 208 g/mol. The summed E-state index contributed by atoms with van der Waals surface area (Å²) in [4.78, 5) is 4.30. The molecule has 1 rings (SSSR count). The van der Waals surface area contributed by atoms with Crippen molar-refractivity contribution in [2.24, 2.45) is 0 Å². The zero-order chi connectivity index (χ0) is 10.9. The van der Waals surface area contributed by atoms with Crippen molar-refractivity contribution < 1.29 is 4.74 Å². The monoisotopic (exact) mass is 222 g/mol. The Morgan fingerprint density at radius 3 is 3.13 bits per heavy atom. The average Bonchev–Trinajstić information content (AvgIpc) is 2.29. The van der Waals surface area contributed by atoms with Crippen LogP contribution in [0.1, 0.15) is 18.5 Å². The summed E-state index contributed by atoms with van der Waals surface area (Å²) in [5.74, 6) is 2.54. The fourth-order valence-electron chi connectivity index (χ4n) is 1.08. The normalized spacial score (nSPS) is 9.60. The van der Waals surface area contributed by atoms with E-state index in [2.05, 4.69) is 11.1 Å². The Hall–Kier alpha value is -1.21. The van der Waals surface area contributed by atoms with Gasteiger partial charge < -0.3 is 4.74 Å². The summed E-state index contributed by atoms with van der Waals surface area (Å²) in [6.45, 7) is 0. The van der Waals surface area contributed by atoms with Crippen LogP contribution in [0.2, 0.25) is 0 Å². The highest BCUT2D eigenvalue weighted by Crippen LogP contribution is 2.14. The lowest BCUT2D eigenvalue weighted by Gasteiger charge is -2.02. The molecule has 3 nitrogen and oxygen atoms in total. The molecule has 0 bridgehead atoms. The maximum absolute atomic E-state index is 8.36. The number of unbranched alkanes of at least 4 members (excludes halogenated alkanes) is 1. The summed E-state index contributed by atoms with van der Waals surface area (Å²) in [5, 5.41) is 8.36. The summed E-state index contributed by atoms with van der Waals surface area (Å²) in [7, 11) is 1.62. The van der Waals surface area contributed by atoms with Crippen LogP contribution in [-0.2, 0) is 5.75 Å². The second kappa shape index (κ2) is 7.13. The first-order chi connectivity index (χ1) is 7.36. The number of thioether (sulfide) groups is 1. The number of hydrogen-bond donors (Lipinski definition) is 0. The lowest BCUT2D eigenvalue weighted by Crippen LogP contribution is -1.92. The number of pyridine rings is 1. The number of rotatable bonds is 6. The van der Waals surface area contributed by atoms with Crippen LogP contribution in [0.25, 0.3) is 0 Å². The van der Waals surface area contributed by atoms with Crippen LogP contribution < -0.4 is 4.74 Å². The molecule has 0 unspecified atom stereocenters. The van der Waals surface area contributed by atoms with Crippen molar-refractivity contribution in [1.82, 2.24) is 4.98 Å². The predicted molar refractivity (Wildman–Crippen MR) is 61.8 cm³/mol. The molecule has 0 saturated carbocycles. The third kappa shape index (κ3) is 4.71. The molecule has 1 aromatic rings. The molecule has 0 aliphatic carbocycles. The largest absolute Gasteiger partial charge is 0.481 e. The van der Waals surface area contributed by atoms with Gasteiger partial charge >= 0.3 is 0 Å². The van der Waals surface area contributed by atoms with Gasteiger partial charge in [-0.05, 0) is 18.2 Å². The SMILES string of the molecule is COc1cccc(CSCCCC#N)n1. The molecule has 0 aliphatic rings. The number of ether oxygens (including phenoxy) is 1. The van der Waals surface area contributed by atoms with Crippen molar-refractivity contribution in [2.45, 2.75) is 18.6 Å². The Labute approximate surface area is 94.5 Å². The molecule has 0 aromatic carbocycles. The van der Waals surface area contributed by atoms with E-state index in [0.29, 0.717) is 12.3 Å². The molecule has 0 amide bonds. The molecule has 0 aliphatic heterocycles. The van der Waals surface area contributed by atoms with Gasteiger partial charge in [-0.25, -0.2) is 4.98 Å². The van der Waals surface area contributed by atoms with Gasteiger partial charge in [-0.3, -0.25) is 0 Å².